The molecule has 3 heteroatoms. The number of β-lactam (4-membered cyclic amide) rings is 1. The molecular weight excluding hydrogens is 224 g/mol. The molecule has 0 radical (unpaired) electrons. The molecule has 0 bridgehead atoms. The van der Waals surface area contributed by atoms with Crippen molar-refractivity contribution in [3.63, 3.8) is 0 Å². The predicted molar refractivity (Wildman–Crippen MR) is 73.6 cm³/mol. The summed E-state index contributed by atoms with van der Waals surface area (Å²) >= 11 is 0. The number of nitrogens with zero attached hydrogens (tertiary/aromatic N) is 1. The number of rotatable bonds is 1. The Bertz CT molecular complexity index is 473. The number of carbonyl (C=O) groups is 1. The highest BCUT2D eigenvalue weighted by Gasteiger charge is 2.32. The fourth-order valence-electron chi connectivity index (χ4n) is 1.96. The van der Waals surface area contributed by atoms with Crippen LogP contribution in [0.25, 0.3) is 10.8 Å². The normalized spacial score (nSPS) is 18.0. The number of carbonyl (C=O) groups excluding carboxylic acids is 1. The van der Waals surface area contributed by atoms with Crippen LogP contribution in [0.15, 0.2) is 48.5 Å². The van der Waals surface area contributed by atoms with E-state index in [1.165, 1.54) is 15.8 Å². The fraction of sp³-hybridized carbons (Fsp3) is 0.267. The molecule has 1 unspecified atom stereocenters. The molecule has 1 aliphatic heterocycles. The molecule has 1 aliphatic rings. The first-order valence-corrected chi connectivity index (χ1v) is 6.22. The molecule has 0 aromatic heterocycles. The van der Waals surface area contributed by atoms with Gasteiger partial charge in [0.15, 0.2) is 0 Å². The maximum absolute atomic E-state index is 10.6. The molecule has 1 fully saturated rings. The minimum Gasteiger partial charge on any atom is -0.280 e. The SMILES string of the molecule is CCC1CN(N)C1=O.c1ccc2ccccc2c1. The Morgan fingerprint density at radius 3 is 1.78 bits per heavy atom. The first kappa shape index (κ1) is 12.6. The van der Waals surface area contributed by atoms with Crippen molar-refractivity contribution in [2.75, 3.05) is 6.54 Å². The Morgan fingerprint density at radius 1 is 1.11 bits per heavy atom. The summed E-state index contributed by atoms with van der Waals surface area (Å²) in [6.45, 7) is 2.74. The van der Waals surface area contributed by atoms with Crippen LogP contribution in [-0.2, 0) is 4.79 Å². The van der Waals surface area contributed by atoms with Gasteiger partial charge in [-0.05, 0) is 17.2 Å². The molecule has 3 rings (SSSR count). The number of benzene rings is 2. The van der Waals surface area contributed by atoms with Crippen LogP contribution >= 0.6 is 0 Å². The number of hydrogen-bond acceptors (Lipinski definition) is 2. The molecule has 0 saturated carbocycles. The first-order chi connectivity index (χ1) is 8.72. The summed E-state index contributed by atoms with van der Waals surface area (Å²) in [4.78, 5) is 10.6. The van der Waals surface area contributed by atoms with Gasteiger partial charge in [0.05, 0.1) is 5.92 Å². The smallest absolute Gasteiger partial charge is 0.241 e. The molecule has 2 aromatic carbocycles. The van der Waals surface area contributed by atoms with Crippen LogP contribution in [0.4, 0.5) is 0 Å². The molecule has 1 heterocycles. The zero-order chi connectivity index (χ0) is 13.0. The Labute approximate surface area is 107 Å². The molecule has 18 heavy (non-hydrogen) atoms. The lowest BCUT2D eigenvalue weighted by Gasteiger charge is -2.33. The van der Waals surface area contributed by atoms with E-state index in [2.05, 4.69) is 48.5 Å². The van der Waals surface area contributed by atoms with Crippen molar-refractivity contribution in [1.82, 2.24) is 5.01 Å². The lowest BCUT2D eigenvalue weighted by Crippen LogP contribution is -2.55. The molecule has 3 nitrogen and oxygen atoms in total. The molecule has 1 saturated heterocycles. The molecule has 0 spiro atoms. The maximum Gasteiger partial charge on any atom is 0.241 e. The Morgan fingerprint density at radius 2 is 1.56 bits per heavy atom. The Kier molecular flexibility index (Phi) is 3.95. The van der Waals surface area contributed by atoms with Gasteiger partial charge in [0, 0.05) is 6.54 Å². The number of nitrogens with two attached hydrogens (primary N) is 1. The molecule has 2 aromatic rings. The van der Waals surface area contributed by atoms with E-state index < -0.39 is 0 Å². The van der Waals surface area contributed by atoms with Crippen molar-refractivity contribution in [2.24, 2.45) is 11.8 Å². The van der Waals surface area contributed by atoms with E-state index in [1.807, 2.05) is 6.92 Å². The van der Waals surface area contributed by atoms with Gasteiger partial charge in [-0.1, -0.05) is 55.5 Å². The van der Waals surface area contributed by atoms with Crippen molar-refractivity contribution < 1.29 is 4.79 Å². The van der Waals surface area contributed by atoms with Crippen LogP contribution in [0.2, 0.25) is 0 Å². The van der Waals surface area contributed by atoms with Gasteiger partial charge in [0.1, 0.15) is 0 Å². The van der Waals surface area contributed by atoms with E-state index in [9.17, 15) is 4.79 Å². The molecule has 94 valence electrons. The summed E-state index contributed by atoms with van der Waals surface area (Å²) in [5.74, 6) is 5.48. The number of fused-ring (bicyclic) bond motifs is 1. The average Bonchev–Trinajstić information content (AvgIpc) is 2.45. The number of hydrogen-bond donors (Lipinski definition) is 1. The van der Waals surface area contributed by atoms with E-state index in [0.29, 0.717) is 0 Å². The highest BCUT2D eigenvalue weighted by atomic mass is 16.2. The quantitative estimate of drug-likeness (QED) is 0.474. The summed E-state index contributed by atoms with van der Waals surface area (Å²) in [5.41, 5.74) is 0. The summed E-state index contributed by atoms with van der Waals surface area (Å²) in [6.07, 6.45) is 0.923. The second-order valence-electron chi connectivity index (χ2n) is 4.44. The second kappa shape index (κ2) is 5.65. The van der Waals surface area contributed by atoms with Crippen LogP contribution in [0, 0.1) is 5.92 Å². The Balaban J connectivity index is 0.000000138. The summed E-state index contributed by atoms with van der Waals surface area (Å²) in [5, 5.41) is 3.88. The van der Waals surface area contributed by atoms with E-state index in [4.69, 9.17) is 5.84 Å². The van der Waals surface area contributed by atoms with Gasteiger partial charge in [-0.3, -0.25) is 9.80 Å². The van der Waals surface area contributed by atoms with E-state index >= 15 is 0 Å². The second-order valence-corrected chi connectivity index (χ2v) is 4.44. The number of hydrazine groups is 1. The van der Waals surface area contributed by atoms with Crippen LogP contribution in [0.5, 0.6) is 0 Å². The van der Waals surface area contributed by atoms with Crippen molar-refractivity contribution in [3.05, 3.63) is 48.5 Å². The predicted octanol–water partition coefficient (Wildman–Crippen LogP) is 2.57. The molecular formula is C15H18N2O. The van der Waals surface area contributed by atoms with E-state index in [-0.39, 0.29) is 11.8 Å². The third-order valence-corrected chi connectivity index (χ3v) is 3.20. The first-order valence-electron chi connectivity index (χ1n) is 6.22. The highest BCUT2D eigenvalue weighted by Crippen LogP contribution is 2.15. The van der Waals surface area contributed by atoms with Gasteiger partial charge in [-0.2, -0.15) is 0 Å². The van der Waals surface area contributed by atoms with Crippen molar-refractivity contribution in [3.8, 4) is 0 Å². The van der Waals surface area contributed by atoms with Gasteiger partial charge < -0.3 is 0 Å². The molecule has 1 amide bonds. The highest BCUT2D eigenvalue weighted by molar-refractivity contribution is 5.83. The van der Waals surface area contributed by atoms with E-state index in [1.54, 1.807) is 0 Å². The molecule has 1 atom stereocenters. The topological polar surface area (TPSA) is 46.3 Å². The van der Waals surface area contributed by atoms with E-state index in [0.717, 1.165) is 13.0 Å². The van der Waals surface area contributed by atoms with Crippen molar-refractivity contribution >= 4 is 16.7 Å². The molecule has 0 aliphatic carbocycles. The van der Waals surface area contributed by atoms with Gasteiger partial charge in [-0.15, -0.1) is 0 Å². The van der Waals surface area contributed by atoms with Gasteiger partial charge >= 0.3 is 0 Å². The van der Waals surface area contributed by atoms with Crippen LogP contribution in [0.3, 0.4) is 0 Å². The maximum atomic E-state index is 10.6. The van der Waals surface area contributed by atoms with Gasteiger partial charge in [0.2, 0.25) is 5.91 Å². The van der Waals surface area contributed by atoms with Crippen LogP contribution in [-0.4, -0.2) is 17.5 Å². The average molecular weight is 242 g/mol. The monoisotopic (exact) mass is 242 g/mol. The lowest BCUT2D eigenvalue weighted by molar-refractivity contribution is -0.148. The van der Waals surface area contributed by atoms with Crippen LogP contribution in [0.1, 0.15) is 13.3 Å². The largest absolute Gasteiger partial charge is 0.280 e. The standard InChI is InChI=1S/C10H8.C5H10N2O/c1-2-6-10-8-4-3-7-9(10)5-1;1-2-4-3-7(6)5(4)8/h1-8H;4H,2-3,6H2,1H3. The van der Waals surface area contributed by atoms with Crippen molar-refractivity contribution in [2.45, 2.75) is 13.3 Å². The zero-order valence-corrected chi connectivity index (χ0v) is 10.5. The lowest BCUT2D eigenvalue weighted by atomic mass is 9.99. The third kappa shape index (κ3) is 2.68. The number of amides is 1. The van der Waals surface area contributed by atoms with Gasteiger partial charge in [-0.25, -0.2) is 5.84 Å². The fourth-order valence-corrected chi connectivity index (χ4v) is 1.96. The third-order valence-electron chi connectivity index (χ3n) is 3.20. The Hall–Kier alpha value is -1.87. The zero-order valence-electron chi connectivity index (χ0n) is 10.5. The van der Waals surface area contributed by atoms with Crippen LogP contribution < -0.4 is 5.84 Å². The summed E-state index contributed by atoms with van der Waals surface area (Å²) < 4.78 is 0. The summed E-state index contributed by atoms with van der Waals surface area (Å²) in [7, 11) is 0. The molecule has 2 N–H and O–H groups in total. The van der Waals surface area contributed by atoms with Crippen molar-refractivity contribution in [1.29, 1.82) is 0 Å². The summed E-state index contributed by atoms with van der Waals surface area (Å²) in [6, 6.07) is 16.7. The van der Waals surface area contributed by atoms with Gasteiger partial charge in [0.25, 0.3) is 0 Å². The minimum atomic E-state index is 0.0903. The minimum absolute atomic E-state index is 0.0903.